The van der Waals surface area contributed by atoms with Gasteiger partial charge in [0.2, 0.25) is 0 Å². The van der Waals surface area contributed by atoms with Crippen molar-refractivity contribution in [3.63, 3.8) is 0 Å². The molecular formula is C16H24N2. The molecule has 1 aromatic rings. The van der Waals surface area contributed by atoms with Crippen LogP contribution in [0.25, 0.3) is 0 Å². The van der Waals surface area contributed by atoms with E-state index in [4.69, 9.17) is 0 Å². The lowest BCUT2D eigenvalue weighted by Crippen LogP contribution is -2.29. The number of hydrogen-bond acceptors (Lipinski definition) is 2. The number of rotatable bonds is 3. The van der Waals surface area contributed by atoms with E-state index in [1.807, 2.05) is 6.34 Å². The third-order valence-electron chi connectivity index (χ3n) is 3.54. The maximum absolute atomic E-state index is 4.44. The van der Waals surface area contributed by atoms with E-state index in [1.54, 1.807) is 0 Å². The number of nitrogens with zero attached hydrogens (tertiary/aromatic N) is 2. The fraction of sp³-hybridized carbons (Fsp3) is 0.562. The minimum absolute atomic E-state index is 0.550. The second-order valence-corrected chi connectivity index (χ2v) is 5.66. The van der Waals surface area contributed by atoms with Gasteiger partial charge < -0.3 is 4.90 Å². The van der Waals surface area contributed by atoms with Crippen LogP contribution in [0.5, 0.6) is 0 Å². The molecule has 0 aliphatic carbocycles. The van der Waals surface area contributed by atoms with Crippen LogP contribution >= 0.6 is 0 Å². The highest BCUT2D eigenvalue weighted by atomic mass is 15.2. The molecule has 0 amide bonds. The molecule has 0 aromatic heterocycles. The van der Waals surface area contributed by atoms with Crippen LogP contribution in [-0.4, -0.2) is 19.4 Å². The van der Waals surface area contributed by atoms with Crippen molar-refractivity contribution in [2.75, 3.05) is 18.0 Å². The first-order chi connectivity index (χ1) is 8.61. The van der Waals surface area contributed by atoms with Gasteiger partial charge in [0.25, 0.3) is 0 Å². The molecule has 1 heterocycles. The average Bonchev–Trinajstić information content (AvgIpc) is 2.38. The first-order valence-corrected chi connectivity index (χ1v) is 7.00. The highest BCUT2D eigenvalue weighted by Gasteiger charge is 2.19. The number of benzene rings is 1. The molecule has 0 unspecified atom stereocenters. The topological polar surface area (TPSA) is 15.6 Å². The van der Waals surface area contributed by atoms with Gasteiger partial charge in [-0.05, 0) is 29.4 Å². The summed E-state index contributed by atoms with van der Waals surface area (Å²) in [4.78, 5) is 6.78. The van der Waals surface area contributed by atoms with Gasteiger partial charge in [-0.15, -0.1) is 0 Å². The van der Waals surface area contributed by atoms with Crippen molar-refractivity contribution in [3.8, 4) is 0 Å². The summed E-state index contributed by atoms with van der Waals surface area (Å²) in [5.41, 5.74) is 4.27. The van der Waals surface area contributed by atoms with Crippen LogP contribution in [0.2, 0.25) is 0 Å². The lowest BCUT2D eigenvalue weighted by molar-refractivity contribution is 0.773. The Kier molecular flexibility index (Phi) is 4.05. The van der Waals surface area contributed by atoms with E-state index in [9.17, 15) is 0 Å². The van der Waals surface area contributed by atoms with Gasteiger partial charge in [0, 0.05) is 18.8 Å². The summed E-state index contributed by atoms with van der Waals surface area (Å²) in [7, 11) is 0. The molecular weight excluding hydrogens is 220 g/mol. The van der Waals surface area contributed by atoms with Crippen LogP contribution in [0.1, 0.15) is 57.1 Å². The van der Waals surface area contributed by atoms with Crippen molar-refractivity contribution in [3.05, 3.63) is 29.3 Å². The van der Waals surface area contributed by atoms with Crippen LogP contribution < -0.4 is 4.90 Å². The van der Waals surface area contributed by atoms with E-state index in [1.165, 1.54) is 16.8 Å². The summed E-state index contributed by atoms with van der Waals surface area (Å²) < 4.78 is 0. The second kappa shape index (κ2) is 5.55. The average molecular weight is 244 g/mol. The normalized spacial score (nSPS) is 15.8. The minimum Gasteiger partial charge on any atom is -0.332 e. The number of hydrogen-bond donors (Lipinski definition) is 0. The Hall–Kier alpha value is -1.31. The molecule has 18 heavy (non-hydrogen) atoms. The molecule has 2 rings (SSSR count). The van der Waals surface area contributed by atoms with Gasteiger partial charge in [0.05, 0.1) is 6.34 Å². The summed E-state index contributed by atoms with van der Waals surface area (Å²) >= 11 is 0. The molecule has 0 bridgehead atoms. The van der Waals surface area contributed by atoms with Gasteiger partial charge in [-0.2, -0.15) is 0 Å². The SMILES string of the molecule is CC(C)c1cccc(C(C)C)c1N1C=NCCC1. The van der Waals surface area contributed by atoms with Crippen molar-refractivity contribution in [1.82, 2.24) is 0 Å². The maximum Gasteiger partial charge on any atom is 0.0894 e. The predicted molar refractivity (Wildman–Crippen MR) is 79.9 cm³/mol. The summed E-state index contributed by atoms with van der Waals surface area (Å²) in [6.07, 6.45) is 3.18. The van der Waals surface area contributed by atoms with Crippen LogP contribution in [0.15, 0.2) is 23.2 Å². The maximum atomic E-state index is 4.44. The first-order valence-electron chi connectivity index (χ1n) is 7.00. The van der Waals surface area contributed by atoms with E-state index < -0.39 is 0 Å². The molecule has 0 fully saturated rings. The molecule has 2 heteroatoms. The zero-order valence-corrected chi connectivity index (χ0v) is 12.0. The lowest BCUT2D eigenvalue weighted by Gasteiger charge is -2.30. The van der Waals surface area contributed by atoms with Crippen molar-refractivity contribution in [1.29, 1.82) is 0 Å². The number of anilines is 1. The molecule has 2 nitrogen and oxygen atoms in total. The van der Waals surface area contributed by atoms with Crippen LogP contribution in [0.3, 0.4) is 0 Å². The summed E-state index contributed by atoms with van der Waals surface area (Å²) in [5.74, 6) is 1.10. The Bertz CT molecular complexity index is 406. The van der Waals surface area contributed by atoms with E-state index in [2.05, 4.69) is 55.8 Å². The second-order valence-electron chi connectivity index (χ2n) is 5.66. The molecule has 1 aliphatic heterocycles. The van der Waals surface area contributed by atoms with Crippen molar-refractivity contribution < 1.29 is 0 Å². The predicted octanol–water partition coefficient (Wildman–Crippen LogP) is 4.17. The van der Waals surface area contributed by atoms with Crippen LogP contribution in [0.4, 0.5) is 5.69 Å². The highest BCUT2D eigenvalue weighted by molar-refractivity contribution is 5.83. The molecule has 0 saturated carbocycles. The van der Waals surface area contributed by atoms with Crippen molar-refractivity contribution in [2.45, 2.75) is 46.0 Å². The van der Waals surface area contributed by atoms with E-state index >= 15 is 0 Å². The summed E-state index contributed by atoms with van der Waals surface area (Å²) in [6, 6.07) is 6.71. The van der Waals surface area contributed by atoms with Gasteiger partial charge in [0.15, 0.2) is 0 Å². The summed E-state index contributed by atoms with van der Waals surface area (Å²) in [5, 5.41) is 0. The van der Waals surface area contributed by atoms with Crippen molar-refractivity contribution in [2.24, 2.45) is 4.99 Å². The highest BCUT2D eigenvalue weighted by Crippen LogP contribution is 2.35. The van der Waals surface area contributed by atoms with Gasteiger partial charge >= 0.3 is 0 Å². The van der Waals surface area contributed by atoms with Gasteiger partial charge in [0.1, 0.15) is 0 Å². The largest absolute Gasteiger partial charge is 0.332 e. The van der Waals surface area contributed by atoms with Crippen molar-refractivity contribution >= 4 is 12.0 Å². The van der Waals surface area contributed by atoms with E-state index in [-0.39, 0.29) is 0 Å². The minimum atomic E-state index is 0.550. The zero-order valence-electron chi connectivity index (χ0n) is 12.0. The quantitative estimate of drug-likeness (QED) is 0.779. The first kappa shape index (κ1) is 13.1. The standard InChI is InChI=1S/C16H24N2/c1-12(2)14-7-5-8-15(13(3)4)16(14)18-10-6-9-17-11-18/h5,7-8,11-13H,6,9-10H2,1-4H3. The summed E-state index contributed by atoms with van der Waals surface area (Å²) in [6.45, 7) is 11.1. The monoisotopic (exact) mass is 244 g/mol. The van der Waals surface area contributed by atoms with Gasteiger partial charge in [-0.1, -0.05) is 45.9 Å². The lowest BCUT2D eigenvalue weighted by atomic mass is 9.92. The Morgan fingerprint density at radius 2 is 1.67 bits per heavy atom. The zero-order chi connectivity index (χ0) is 13.1. The Balaban J connectivity index is 2.52. The van der Waals surface area contributed by atoms with E-state index in [0.29, 0.717) is 11.8 Å². The molecule has 0 radical (unpaired) electrons. The molecule has 0 N–H and O–H groups in total. The number of aliphatic imine (C=N–C) groups is 1. The Labute approximate surface area is 111 Å². The molecule has 1 aliphatic rings. The molecule has 0 atom stereocenters. The molecule has 98 valence electrons. The van der Waals surface area contributed by atoms with Crippen LogP contribution in [-0.2, 0) is 0 Å². The molecule has 1 aromatic carbocycles. The Morgan fingerprint density at radius 3 is 2.11 bits per heavy atom. The fourth-order valence-corrected chi connectivity index (χ4v) is 2.56. The third-order valence-corrected chi connectivity index (χ3v) is 3.54. The fourth-order valence-electron chi connectivity index (χ4n) is 2.56. The van der Waals surface area contributed by atoms with E-state index in [0.717, 1.165) is 19.5 Å². The Morgan fingerprint density at radius 1 is 1.06 bits per heavy atom. The third kappa shape index (κ3) is 2.58. The van der Waals surface area contributed by atoms with Gasteiger partial charge in [-0.3, -0.25) is 4.99 Å². The molecule has 0 spiro atoms. The smallest absolute Gasteiger partial charge is 0.0894 e. The van der Waals surface area contributed by atoms with Gasteiger partial charge in [-0.25, -0.2) is 0 Å². The number of para-hydroxylation sites is 1. The molecule has 0 saturated heterocycles. The van der Waals surface area contributed by atoms with Crippen LogP contribution in [0, 0.1) is 0 Å².